The molecule has 1 heterocycles. The SMILES string of the molecule is CCC1CNCCN1C1(C)CCCC1. The molecule has 0 aromatic carbocycles. The van der Waals surface area contributed by atoms with Crippen molar-refractivity contribution in [2.75, 3.05) is 19.6 Å². The molecule has 0 radical (unpaired) electrons. The number of hydrogen-bond donors (Lipinski definition) is 1. The lowest BCUT2D eigenvalue weighted by molar-refractivity contribution is 0.0393. The van der Waals surface area contributed by atoms with Gasteiger partial charge >= 0.3 is 0 Å². The first kappa shape index (κ1) is 10.4. The van der Waals surface area contributed by atoms with Gasteiger partial charge in [0.2, 0.25) is 0 Å². The molecule has 2 nitrogen and oxygen atoms in total. The first-order valence-corrected chi connectivity index (χ1v) is 6.24. The molecule has 2 heteroatoms. The van der Waals surface area contributed by atoms with Crippen LogP contribution in [0.4, 0.5) is 0 Å². The van der Waals surface area contributed by atoms with Crippen LogP contribution in [-0.2, 0) is 0 Å². The highest BCUT2D eigenvalue weighted by Crippen LogP contribution is 2.36. The lowest BCUT2D eigenvalue weighted by Gasteiger charge is -2.46. The Morgan fingerprint density at radius 2 is 2.07 bits per heavy atom. The van der Waals surface area contributed by atoms with Gasteiger partial charge in [-0.3, -0.25) is 4.90 Å². The molecule has 2 rings (SSSR count). The summed E-state index contributed by atoms with van der Waals surface area (Å²) >= 11 is 0. The zero-order valence-corrected chi connectivity index (χ0v) is 9.68. The molecular formula is C12H24N2. The number of hydrogen-bond acceptors (Lipinski definition) is 2. The van der Waals surface area contributed by atoms with Crippen LogP contribution in [0.15, 0.2) is 0 Å². The van der Waals surface area contributed by atoms with Crippen molar-refractivity contribution in [3.05, 3.63) is 0 Å². The summed E-state index contributed by atoms with van der Waals surface area (Å²) in [5.74, 6) is 0. The number of nitrogens with one attached hydrogen (secondary N) is 1. The Balaban J connectivity index is 2.05. The van der Waals surface area contributed by atoms with E-state index in [1.54, 1.807) is 0 Å². The van der Waals surface area contributed by atoms with Crippen LogP contribution in [0.3, 0.4) is 0 Å². The van der Waals surface area contributed by atoms with Crippen molar-refractivity contribution in [3.63, 3.8) is 0 Å². The lowest BCUT2D eigenvalue weighted by atomic mass is 9.93. The van der Waals surface area contributed by atoms with Crippen LogP contribution in [-0.4, -0.2) is 36.1 Å². The standard InChI is InChI=1S/C12H24N2/c1-3-11-10-13-8-9-14(11)12(2)6-4-5-7-12/h11,13H,3-10H2,1-2H3. The Kier molecular flexibility index (Phi) is 3.13. The minimum atomic E-state index is 0.531. The summed E-state index contributed by atoms with van der Waals surface area (Å²) in [6.45, 7) is 8.45. The van der Waals surface area contributed by atoms with Crippen molar-refractivity contribution in [1.29, 1.82) is 0 Å². The summed E-state index contributed by atoms with van der Waals surface area (Å²) in [7, 11) is 0. The average molecular weight is 196 g/mol. The van der Waals surface area contributed by atoms with E-state index in [1.807, 2.05) is 0 Å². The topological polar surface area (TPSA) is 15.3 Å². The van der Waals surface area contributed by atoms with Gasteiger partial charge in [-0.25, -0.2) is 0 Å². The van der Waals surface area contributed by atoms with Crippen LogP contribution in [0.25, 0.3) is 0 Å². The van der Waals surface area contributed by atoms with E-state index in [-0.39, 0.29) is 0 Å². The highest BCUT2D eigenvalue weighted by molar-refractivity contribution is 4.96. The molecule has 14 heavy (non-hydrogen) atoms. The Labute approximate surface area is 88.1 Å². The fourth-order valence-electron chi connectivity index (χ4n) is 3.26. The van der Waals surface area contributed by atoms with Crippen molar-refractivity contribution < 1.29 is 0 Å². The van der Waals surface area contributed by atoms with Crippen LogP contribution < -0.4 is 5.32 Å². The molecule has 1 aliphatic heterocycles. The molecular weight excluding hydrogens is 172 g/mol. The molecule has 0 aromatic rings. The molecule has 1 N–H and O–H groups in total. The highest BCUT2D eigenvalue weighted by atomic mass is 15.3. The Morgan fingerprint density at radius 3 is 2.71 bits per heavy atom. The Bertz CT molecular complexity index is 185. The molecule has 0 bridgehead atoms. The van der Waals surface area contributed by atoms with Crippen LogP contribution >= 0.6 is 0 Å². The van der Waals surface area contributed by atoms with Crippen LogP contribution in [0, 0.1) is 0 Å². The van der Waals surface area contributed by atoms with Gasteiger partial charge < -0.3 is 5.32 Å². The highest BCUT2D eigenvalue weighted by Gasteiger charge is 2.38. The van der Waals surface area contributed by atoms with E-state index in [0.717, 1.165) is 6.04 Å². The monoisotopic (exact) mass is 196 g/mol. The summed E-state index contributed by atoms with van der Waals surface area (Å²) in [5.41, 5.74) is 0.531. The van der Waals surface area contributed by atoms with Gasteiger partial charge in [0.1, 0.15) is 0 Å². The smallest absolute Gasteiger partial charge is 0.0223 e. The van der Waals surface area contributed by atoms with Gasteiger partial charge in [0.25, 0.3) is 0 Å². The fraction of sp³-hybridized carbons (Fsp3) is 1.00. The number of nitrogens with zero attached hydrogens (tertiary/aromatic N) is 1. The maximum atomic E-state index is 3.51. The molecule has 2 fully saturated rings. The van der Waals surface area contributed by atoms with E-state index in [0.29, 0.717) is 5.54 Å². The molecule has 1 atom stereocenters. The third-order valence-corrected chi connectivity index (χ3v) is 4.20. The van der Waals surface area contributed by atoms with Crippen molar-refractivity contribution >= 4 is 0 Å². The zero-order valence-electron chi connectivity index (χ0n) is 9.68. The maximum Gasteiger partial charge on any atom is 0.0223 e. The normalized spacial score (nSPS) is 33.4. The summed E-state index contributed by atoms with van der Waals surface area (Å²) < 4.78 is 0. The van der Waals surface area contributed by atoms with E-state index in [4.69, 9.17) is 0 Å². The van der Waals surface area contributed by atoms with E-state index in [2.05, 4.69) is 24.1 Å². The Morgan fingerprint density at radius 1 is 1.36 bits per heavy atom. The second-order valence-corrected chi connectivity index (χ2v) is 5.16. The first-order valence-electron chi connectivity index (χ1n) is 6.24. The molecule has 2 aliphatic rings. The predicted molar refractivity (Wildman–Crippen MR) is 60.5 cm³/mol. The van der Waals surface area contributed by atoms with Crippen LogP contribution in [0.5, 0.6) is 0 Å². The predicted octanol–water partition coefficient (Wildman–Crippen LogP) is 2.00. The van der Waals surface area contributed by atoms with Crippen molar-refractivity contribution in [3.8, 4) is 0 Å². The first-order chi connectivity index (χ1) is 6.76. The molecule has 0 spiro atoms. The number of piperazine rings is 1. The van der Waals surface area contributed by atoms with E-state index in [9.17, 15) is 0 Å². The molecule has 0 aromatic heterocycles. The van der Waals surface area contributed by atoms with E-state index >= 15 is 0 Å². The fourth-order valence-corrected chi connectivity index (χ4v) is 3.26. The molecule has 1 unspecified atom stereocenters. The minimum Gasteiger partial charge on any atom is -0.314 e. The summed E-state index contributed by atoms with van der Waals surface area (Å²) in [6, 6.07) is 0.784. The molecule has 0 amide bonds. The van der Waals surface area contributed by atoms with Gasteiger partial charge in [0, 0.05) is 31.2 Å². The van der Waals surface area contributed by atoms with Gasteiger partial charge in [0.05, 0.1) is 0 Å². The van der Waals surface area contributed by atoms with E-state index in [1.165, 1.54) is 51.7 Å². The maximum absolute atomic E-state index is 3.51. The third-order valence-electron chi connectivity index (χ3n) is 4.20. The molecule has 82 valence electrons. The minimum absolute atomic E-state index is 0.531. The largest absolute Gasteiger partial charge is 0.314 e. The summed E-state index contributed by atoms with van der Waals surface area (Å²) in [4.78, 5) is 2.79. The van der Waals surface area contributed by atoms with E-state index < -0.39 is 0 Å². The quantitative estimate of drug-likeness (QED) is 0.727. The van der Waals surface area contributed by atoms with Gasteiger partial charge in [-0.05, 0) is 26.2 Å². The van der Waals surface area contributed by atoms with Crippen LogP contribution in [0.1, 0.15) is 46.0 Å². The third kappa shape index (κ3) is 1.82. The molecule has 1 aliphatic carbocycles. The van der Waals surface area contributed by atoms with Crippen molar-refractivity contribution in [1.82, 2.24) is 10.2 Å². The Hall–Kier alpha value is -0.0800. The van der Waals surface area contributed by atoms with Crippen molar-refractivity contribution in [2.24, 2.45) is 0 Å². The zero-order chi connectivity index (χ0) is 10.0. The van der Waals surface area contributed by atoms with Gasteiger partial charge in [0.15, 0.2) is 0 Å². The number of rotatable bonds is 2. The average Bonchev–Trinajstić information content (AvgIpc) is 2.66. The van der Waals surface area contributed by atoms with Gasteiger partial charge in [-0.15, -0.1) is 0 Å². The summed E-state index contributed by atoms with van der Waals surface area (Å²) in [6.07, 6.45) is 7.02. The lowest BCUT2D eigenvalue weighted by Crippen LogP contribution is -2.59. The second kappa shape index (κ2) is 4.19. The van der Waals surface area contributed by atoms with Gasteiger partial charge in [-0.2, -0.15) is 0 Å². The summed E-state index contributed by atoms with van der Waals surface area (Å²) in [5, 5.41) is 3.51. The molecule has 1 saturated heterocycles. The van der Waals surface area contributed by atoms with Crippen molar-refractivity contribution in [2.45, 2.75) is 57.5 Å². The second-order valence-electron chi connectivity index (χ2n) is 5.16. The van der Waals surface area contributed by atoms with Gasteiger partial charge in [-0.1, -0.05) is 19.8 Å². The van der Waals surface area contributed by atoms with Crippen LogP contribution in [0.2, 0.25) is 0 Å². The molecule has 1 saturated carbocycles.